The normalized spacial score (nSPS) is 13.9. The second-order valence-corrected chi connectivity index (χ2v) is 4.08. The van der Waals surface area contributed by atoms with Gasteiger partial charge < -0.3 is 20.8 Å². The number of rotatable bonds is 6. The quantitative estimate of drug-likeness (QED) is 0.301. The van der Waals surface area contributed by atoms with E-state index in [9.17, 15) is 0 Å². The molecule has 96 valence electrons. The number of hydrogen-bond donors (Lipinski definition) is 3. The number of nitrogens with zero attached hydrogens (tertiary/aromatic N) is 2. The molecule has 1 aromatic heterocycles. The summed E-state index contributed by atoms with van der Waals surface area (Å²) < 4.78 is 5.09. The molecular weight excluding hydrogens is 220 g/mol. The van der Waals surface area contributed by atoms with Crippen LogP contribution in [0.3, 0.4) is 0 Å². The fourth-order valence-electron chi connectivity index (χ4n) is 1.65. The van der Waals surface area contributed by atoms with E-state index >= 15 is 0 Å². The number of nitrogens with two attached hydrogens (primary N) is 1. The minimum Gasteiger partial charge on any atom is -0.409 e. The molecule has 6 nitrogen and oxygen atoms in total. The van der Waals surface area contributed by atoms with Crippen LogP contribution >= 0.6 is 0 Å². The molecule has 0 amide bonds. The van der Waals surface area contributed by atoms with Gasteiger partial charge in [0.25, 0.3) is 0 Å². The number of amidine groups is 1. The van der Waals surface area contributed by atoms with Gasteiger partial charge in [0.05, 0.1) is 5.69 Å². The minimum atomic E-state index is 0.180. The standard InChI is InChI=1S/C11H20N4O2/c1-4-9(5-11(12)14-16)13-6-10-7(2)15-17-8(10)3/h9,13,16H,4-6H2,1-3H3,(H2,12,14). The lowest BCUT2D eigenvalue weighted by Crippen LogP contribution is -2.33. The van der Waals surface area contributed by atoms with Crippen LogP contribution in [-0.2, 0) is 6.54 Å². The molecule has 0 aliphatic carbocycles. The average molecular weight is 240 g/mol. The van der Waals surface area contributed by atoms with Crippen molar-refractivity contribution < 1.29 is 9.73 Å². The SMILES string of the molecule is CCC(CC(N)=NO)NCc1c(C)noc1C. The van der Waals surface area contributed by atoms with Crippen LogP contribution in [0.25, 0.3) is 0 Å². The van der Waals surface area contributed by atoms with Gasteiger partial charge in [-0.15, -0.1) is 0 Å². The van der Waals surface area contributed by atoms with Crippen molar-refractivity contribution in [2.75, 3.05) is 0 Å². The van der Waals surface area contributed by atoms with Crippen molar-refractivity contribution in [3.8, 4) is 0 Å². The highest BCUT2D eigenvalue weighted by molar-refractivity contribution is 5.80. The molecule has 0 spiro atoms. The number of hydrogen-bond acceptors (Lipinski definition) is 5. The van der Waals surface area contributed by atoms with E-state index in [-0.39, 0.29) is 11.9 Å². The van der Waals surface area contributed by atoms with Gasteiger partial charge in [0.15, 0.2) is 0 Å². The maximum atomic E-state index is 8.53. The highest BCUT2D eigenvalue weighted by Gasteiger charge is 2.12. The van der Waals surface area contributed by atoms with Gasteiger partial charge in [-0.1, -0.05) is 17.2 Å². The van der Waals surface area contributed by atoms with Crippen LogP contribution in [0.4, 0.5) is 0 Å². The Morgan fingerprint density at radius 1 is 1.59 bits per heavy atom. The molecule has 1 unspecified atom stereocenters. The number of aryl methyl sites for hydroxylation is 2. The van der Waals surface area contributed by atoms with Gasteiger partial charge in [0.1, 0.15) is 11.6 Å². The average Bonchev–Trinajstić information content (AvgIpc) is 2.64. The third-order valence-electron chi connectivity index (χ3n) is 2.83. The first-order valence-electron chi connectivity index (χ1n) is 5.70. The topological polar surface area (TPSA) is 96.7 Å². The predicted octanol–water partition coefficient (Wildman–Crippen LogP) is 1.30. The lowest BCUT2D eigenvalue weighted by atomic mass is 10.1. The first kappa shape index (κ1) is 13.5. The fourth-order valence-corrected chi connectivity index (χ4v) is 1.65. The first-order chi connectivity index (χ1) is 8.08. The Labute approximate surface area is 101 Å². The highest BCUT2D eigenvalue weighted by atomic mass is 16.5. The summed E-state index contributed by atoms with van der Waals surface area (Å²) in [5.41, 5.74) is 7.46. The zero-order valence-corrected chi connectivity index (χ0v) is 10.5. The third kappa shape index (κ3) is 3.74. The van der Waals surface area contributed by atoms with Crippen molar-refractivity contribution >= 4 is 5.84 Å². The maximum absolute atomic E-state index is 8.53. The van der Waals surface area contributed by atoms with Crippen molar-refractivity contribution in [1.82, 2.24) is 10.5 Å². The smallest absolute Gasteiger partial charge is 0.140 e. The van der Waals surface area contributed by atoms with Crippen LogP contribution in [0.15, 0.2) is 9.68 Å². The van der Waals surface area contributed by atoms with Crippen LogP contribution in [-0.4, -0.2) is 22.2 Å². The van der Waals surface area contributed by atoms with Crippen molar-refractivity contribution in [2.45, 2.75) is 46.2 Å². The summed E-state index contributed by atoms with van der Waals surface area (Å²) >= 11 is 0. The Morgan fingerprint density at radius 2 is 2.29 bits per heavy atom. The Hall–Kier alpha value is -1.56. The zero-order chi connectivity index (χ0) is 12.8. The molecule has 6 heteroatoms. The van der Waals surface area contributed by atoms with Gasteiger partial charge in [-0.3, -0.25) is 0 Å². The summed E-state index contributed by atoms with van der Waals surface area (Å²) in [5.74, 6) is 1.07. The Kier molecular flexibility index (Phi) is 4.96. The van der Waals surface area contributed by atoms with Crippen molar-refractivity contribution in [3.05, 3.63) is 17.0 Å². The molecule has 0 saturated carbocycles. The third-order valence-corrected chi connectivity index (χ3v) is 2.83. The fraction of sp³-hybridized carbons (Fsp3) is 0.636. The van der Waals surface area contributed by atoms with Gasteiger partial charge in [0, 0.05) is 24.6 Å². The Balaban J connectivity index is 2.53. The van der Waals surface area contributed by atoms with Gasteiger partial charge in [-0.25, -0.2) is 0 Å². The van der Waals surface area contributed by atoms with Crippen molar-refractivity contribution in [3.63, 3.8) is 0 Å². The van der Waals surface area contributed by atoms with Crippen molar-refractivity contribution in [1.29, 1.82) is 0 Å². The van der Waals surface area contributed by atoms with E-state index in [0.29, 0.717) is 13.0 Å². The van der Waals surface area contributed by atoms with Gasteiger partial charge in [-0.05, 0) is 20.3 Å². The number of nitrogens with one attached hydrogen (secondary N) is 1. The lowest BCUT2D eigenvalue weighted by Gasteiger charge is -2.15. The van der Waals surface area contributed by atoms with Crippen LogP contribution in [0.5, 0.6) is 0 Å². The summed E-state index contributed by atoms with van der Waals surface area (Å²) in [6.07, 6.45) is 1.43. The highest BCUT2D eigenvalue weighted by Crippen LogP contribution is 2.12. The molecule has 17 heavy (non-hydrogen) atoms. The van der Waals surface area contributed by atoms with Crippen LogP contribution in [0.1, 0.15) is 36.8 Å². The van der Waals surface area contributed by atoms with Crippen LogP contribution < -0.4 is 11.1 Å². The molecule has 1 rings (SSSR count). The summed E-state index contributed by atoms with van der Waals surface area (Å²) in [7, 11) is 0. The Bertz CT molecular complexity index is 367. The molecule has 1 heterocycles. The lowest BCUT2D eigenvalue weighted by molar-refractivity contribution is 0.315. The summed E-state index contributed by atoms with van der Waals surface area (Å²) in [5, 5.41) is 18.8. The molecule has 0 fully saturated rings. The van der Waals surface area contributed by atoms with E-state index in [2.05, 4.69) is 22.6 Å². The predicted molar refractivity (Wildman–Crippen MR) is 64.9 cm³/mol. The monoisotopic (exact) mass is 240 g/mol. The summed E-state index contributed by atoms with van der Waals surface area (Å²) in [4.78, 5) is 0. The van der Waals surface area contributed by atoms with E-state index in [0.717, 1.165) is 23.4 Å². The first-order valence-corrected chi connectivity index (χ1v) is 5.70. The molecule has 1 atom stereocenters. The van der Waals surface area contributed by atoms with Crippen LogP contribution in [0, 0.1) is 13.8 Å². The molecule has 0 aliphatic heterocycles. The van der Waals surface area contributed by atoms with Crippen molar-refractivity contribution in [2.24, 2.45) is 10.9 Å². The molecule has 4 N–H and O–H groups in total. The second-order valence-electron chi connectivity index (χ2n) is 4.08. The van der Waals surface area contributed by atoms with E-state index in [1.54, 1.807) is 0 Å². The number of oxime groups is 1. The molecule has 0 bridgehead atoms. The Morgan fingerprint density at radius 3 is 2.76 bits per heavy atom. The van der Waals surface area contributed by atoms with E-state index in [4.69, 9.17) is 15.5 Å². The van der Waals surface area contributed by atoms with Crippen LogP contribution in [0.2, 0.25) is 0 Å². The molecule has 1 aromatic rings. The summed E-state index contributed by atoms with van der Waals surface area (Å²) in [6, 6.07) is 0.180. The minimum absolute atomic E-state index is 0.180. The van der Waals surface area contributed by atoms with E-state index < -0.39 is 0 Å². The maximum Gasteiger partial charge on any atom is 0.140 e. The van der Waals surface area contributed by atoms with Gasteiger partial charge >= 0.3 is 0 Å². The molecule has 0 aliphatic rings. The summed E-state index contributed by atoms with van der Waals surface area (Å²) in [6.45, 7) is 6.54. The second kappa shape index (κ2) is 6.24. The zero-order valence-electron chi connectivity index (χ0n) is 10.5. The molecular formula is C11H20N4O2. The number of aromatic nitrogens is 1. The molecule has 0 saturated heterocycles. The van der Waals surface area contributed by atoms with E-state index in [1.165, 1.54) is 0 Å². The van der Waals surface area contributed by atoms with E-state index in [1.807, 2.05) is 13.8 Å². The molecule has 0 radical (unpaired) electrons. The van der Waals surface area contributed by atoms with Gasteiger partial charge in [0.2, 0.25) is 0 Å². The molecule has 0 aromatic carbocycles. The van der Waals surface area contributed by atoms with Gasteiger partial charge in [-0.2, -0.15) is 0 Å². The largest absolute Gasteiger partial charge is 0.409 e.